The zero-order chi connectivity index (χ0) is 28.3. The normalized spacial score (nSPS) is 11.7. The first-order chi connectivity index (χ1) is 21.3. The summed E-state index contributed by atoms with van der Waals surface area (Å²) < 4.78 is 8.59. The van der Waals surface area contributed by atoms with Gasteiger partial charge in [0.15, 0.2) is 0 Å². The van der Waals surface area contributed by atoms with E-state index in [1.807, 2.05) is 24.4 Å². The minimum absolute atomic E-state index is 0.889. The number of hydrogen-bond acceptors (Lipinski definition) is 4. The summed E-state index contributed by atoms with van der Waals surface area (Å²) in [5, 5.41) is 5.90. The number of thiophene rings is 1. The monoisotopic (exact) mass is 568 g/mol. The van der Waals surface area contributed by atoms with Crippen LogP contribution in [0.2, 0.25) is 0 Å². The zero-order valence-corrected chi connectivity index (χ0v) is 23.9. The van der Waals surface area contributed by atoms with Crippen LogP contribution in [0.25, 0.3) is 64.1 Å². The number of benzene rings is 6. The molecule has 0 aliphatic heterocycles. The van der Waals surface area contributed by atoms with E-state index < -0.39 is 0 Å². The van der Waals surface area contributed by atoms with Gasteiger partial charge in [0.1, 0.15) is 11.2 Å². The Morgan fingerprint density at radius 2 is 1.30 bits per heavy atom. The Hall–Kier alpha value is -5.45. The fourth-order valence-corrected chi connectivity index (χ4v) is 7.49. The molecule has 0 saturated carbocycles. The van der Waals surface area contributed by atoms with Crippen molar-refractivity contribution in [3.63, 3.8) is 0 Å². The maximum atomic E-state index is 6.18. The predicted molar refractivity (Wildman–Crippen MR) is 182 cm³/mol. The number of furan rings is 1. The number of para-hydroxylation sites is 1. The molecular weight excluding hydrogens is 545 g/mol. The summed E-state index contributed by atoms with van der Waals surface area (Å²) in [7, 11) is 0. The average molecular weight is 569 g/mol. The molecule has 6 aromatic carbocycles. The molecule has 0 aliphatic rings. The van der Waals surface area contributed by atoms with Gasteiger partial charge in [-0.2, -0.15) is 0 Å². The third-order valence-electron chi connectivity index (χ3n) is 8.32. The maximum Gasteiger partial charge on any atom is 0.135 e. The van der Waals surface area contributed by atoms with Crippen LogP contribution in [0, 0.1) is 0 Å². The van der Waals surface area contributed by atoms with Crippen molar-refractivity contribution in [2.75, 3.05) is 4.90 Å². The molecule has 4 heteroatoms. The molecule has 0 amide bonds. The van der Waals surface area contributed by atoms with Crippen molar-refractivity contribution in [1.82, 2.24) is 4.98 Å². The van der Waals surface area contributed by atoms with Crippen molar-refractivity contribution in [2.45, 2.75) is 0 Å². The van der Waals surface area contributed by atoms with Gasteiger partial charge >= 0.3 is 0 Å². The van der Waals surface area contributed by atoms with Crippen molar-refractivity contribution < 1.29 is 4.42 Å². The summed E-state index contributed by atoms with van der Waals surface area (Å²) in [5.74, 6) is 0. The molecule has 3 nitrogen and oxygen atoms in total. The Bertz CT molecular complexity index is 2470. The van der Waals surface area contributed by atoms with E-state index in [2.05, 4.69) is 126 Å². The first kappa shape index (κ1) is 24.2. The fraction of sp³-hybridized carbons (Fsp3) is 0. The van der Waals surface area contributed by atoms with Crippen LogP contribution in [0.5, 0.6) is 0 Å². The number of rotatable bonds is 4. The lowest BCUT2D eigenvalue weighted by atomic mass is 9.98. The quantitative estimate of drug-likeness (QED) is 0.211. The van der Waals surface area contributed by atoms with Gasteiger partial charge in [-0.15, -0.1) is 11.3 Å². The summed E-state index contributed by atoms with van der Waals surface area (Å²) in [4.78, 5) is 7.10. The van der Waals surface area contributed by atoms with Crippen LogP contribution in [0.4, 0.5) is 17.1 Å². The van der Waals surface area contributed by atoms with E-state index in [-0.39, 0.29) is 0 Å². The van der Waals surface area contributed by atoms with E-state index in [9.17, 15) is 0 Å². The van der Waals surface area contributed by atoms with Crippen molar-refractivity contribution in [3.05, 3.63) is 146 Å². The van der Waals surface area contributed by atoms with Gasteiger partial charge in [-0.3, -0.25) is 4.98 Å². The van der Waals surface area contributed by atoms with Gasteiger partial charge in [-0.1, -0.05) is 84.9 Å². The number of anilines is 3. The molecule has 0 N–H and O–H groups in total. The minimum Gasteiger partial charge on any atom is -0.456 e. The highest BCUT2D eigenvalue weighted by atomic mass is 32.1. The van der Waals surface area contributed by atoms with Gasteiger partial charge in [0.05, 0.1) is 20.6 Å². The van der Waals surface area contributed by atoms with Gasteiger partial charge in [0.2, 0.25) is 0 Å². The fourth-order valence-electron chi connectivity index (χ4n) is 6.33. The van der Waals surface area contributed by atoms with E-state index in [1.165, 1.54) is 36.7 Å². The van der Waals surface area contributed by atoms with E-state index in [1.54, 1.807) is 11.3 Å². The first-order valence-electron chi connectivity index (χ1n) is 14.4. The predicted octanol–water partition coefficient (Wildman–Crippen LogP) is 11.6. The molecule has 0 bridgehead atoms. The molecule has 0 spiro atoms. The molecule has 0 unspecified atom stereocenters. The van der Waals surface area contributed by atoms with Gasteiger partial charge < -0.3 is 9.32 Å². The number of aromatic nitrogens is 1. The van der Waals surface area contributed by atoms with Gasteiger partial charge in [-0.05, 0) is 76.5 Å². The third-order valence-corrected chi connectivity index (χ3v) is 9.50. The number of fused-ring (bicyclic) bond motifs is 7. The van der Waals surface area contributed by atoms with E-state index in [0.717, 1.165) is 44.5 Å². The Labute approximate surface area is 251 Å². The minimum atomic E-state index is 0.889. The standard InChI is InChI=1S/C39H24N2OS/c1-2-10-29-25(8-1)9-5-12-30(29)26-17-19-27(20-18-26)41(28-21-22-36-33(24-28)31-11-3-4-15-35(31)42-36)34-14-6-13-32-38-37(43-39(32)34)16-7-23-40-38/h1-24H. The number of nitrogens with zero attached hydrogens (tertiary/aromatic N) is 2. The van der Waals surface area contributed by atoms with E-state index in [4.69, 9.17) is 9.40 Å². The average Bonchev–Trinajstić information content (AvgIpc) is 3.64. The molecular formula is C39H24N2OS. The summed E-state index contributed by atoms with van der Waals surface area (Å²) in [5.41, 5.74) is 8.57. The largest absolute Gasteiger partial charge is 0.456 e. The van der Waals surface area contributed by atoms with Crippen LogP contribution in [0.15, 0.2) is 150 Å². The van der Waals surface area contributed by atoms with E-state index >= 15 is 0 Å². The second-order valence-electron chi connectivity index (χ2n) is 10.8. The van der Waals surface area contributed by atoms with E-state index in [0.29, 0.717) is 0 Å². The van der Waals surface area contributed by atoms with Gasteiger partial charge in [0, 0.05) is 33.7 Å². The molecule has 3 heterocycles. The Kier molecular flexibility index (Phi) is 5.37. The van der Waals surface area contributed by atoms with Crippen LogP contribution < -0.4 is 4.90 Å². The summed E-state index contributed by atoms with van der Waals surface area (Å²) in [6.45, 7) is 0. The molecule has 3 aromatic heterocycles. The van der Waals surface area contributed by atoms with Crippen LogP contribution >= 0.6 is 11.3 Å². The molecule has 0 saturated heterocycles. The van der Waals surface area contributed by atoms with Crippen LogP contribution in [0.3, 0.4) is 0 Å². The number of pyridine rings is 1. The smallest absolute Gasteiger partial charge is 0.135 e. The Morgan fingerprint density at radius 1 is 0.558 bits per heavy atom. The van der Waals surface area contributed by atoms with Crippen LogP contribution in [-0.2, 0) is 0 Å². The van der Waals surface area contributed by atoms with Gasteiger partial charge in [-0.25, -0.2) is 0 Å². The molecule has 43 heavy (non-hydrogen) atoms. The van der Waals surface area contributed by atoms with Crippen molar-refractivity contribution in [2.24, 2.45) is 0 Å². The SMILES string of the molecule is c1ccc2c(-c3ccc(N(c4ccc5oc6ccccc6c5c4)c4cccc5c4sc4cccnc45)cc3)cccc2c1. The van der Waals surface area contributed by atoms with Gasteiger partial charge in [0.25, 0.3) is 0 Å². The van der Waals surface area contributed by atoms with Crippen molar-refractivity contribution >= 4 is 81.4 Å². The summed E-state index contributed by atoms with van der Waals surface area (Å²) >= 11 is 1.79. The second kappa shape index (κ2) is 9.55. The molecule has 9 rings (SSSR count). The molecule has 0 aliphatic carbocycles. The lowest BCUT2D eigenvalue weighted by Gasteiger charge is -2.26. The molecule has 202 valence electrons. The number of hydrogen-bond donors (Lipinski definition) is 0. The zero-order valence-electron chi connectivity index (χ0n) is 23.1. The molecule has 0 fully saturated rings. The highest BCUT2D eigenvalue weighted by Crippen LogP contribution is 2.45. The van der Waals surface area contributed by atoms with Crippen LogP contribution in [-0.4, -0.2) is 4.98 Å². The molecule has 0 atom stereocenters. The second-order valence-corrected chi connectivity index (χ2v) is 11.8. The first-order valence-corrected chi connectivity index (χ1v) is 15.2. The van der Waals surface area contributed by atoms with Crippen molar-refractivity contribution in [3.8, 4) is 11.1 Å². The third kappa shape index (κ3) is 3.84. The lowest BCUT2D eigenvalue weighted by molar-refractivity contribution is 0.669. The van der Waals surface area contributed by atoms with Crippen LogP contribution in [0.1, 0.15) is 0 Å². The Morgan fingerprint density at radius 3 is 2.23 bits per heavy atom. The summed E-state index contributed by atoms with van der Waals surface area (Å²) in [6.07, 6.45) is 1.88. The highest BCUT2D eigenvalue weighted by molar-refractivity contribution is 7.26. The highest BCUT2D eigenvalue weighted by Gasteiger charge is 2.20. The van der Waals surface area contributed by atoms with Crippen molar-refractivity contribution in [1.29, 1.82) is 0 Å². The molecule has 0 radical (unpaired) electrons. The Balaban J connectivity index is 1.26. The molecule has 9 aromatic rings. The topological polar surface area (TPSA) is 29.3 Å². The lowest BCUT2D eigenvalue weighted by Crippen LogP contribution is -2.10. The summed E-state index contributed by atoms with van der Waals surface area (Å²) in [6, 6.07) is 49.5. The maximum absolute atomic E-state index is 6.18.